The summed E-state index contributed by atoms with van der Waals surface area (Å²) in [6, 6.07) is 3.35. The van der Waals surface area contributed by atoms with Crippen molar-refractivity contribution in [3.05, 3.63) is 35.4 Å². The SMILES string of the molecule is CN=C(NCc1cc(F)ccc1F)NCC1(CCO)CCOC1.I. The molecule has 2 rings (SSSR count). The Morgan fingerprint density at radius 1 is 1.38 bits per heavy atom. The van der Waals surface area contributed by atoms with Gasteiger partial charge in [-0.3, -0.25) is 4.99 Å². The van der Waals surface area contributed by atoms with Crippen LogP contribution in [0.25, 0.3) is 0 Å². The second kappa shape index (κ2) is 10.1. The fourth-order valence-corrected chi connectivity index (χ4v) is 2.66. The minimum absolute atomic E-state index is 0. The molecule has 0 spiro atoms. The lowest BCUT2D eigenvalue weighted by molar-refractivity contribution is 0.127. The van der Waals surface area contributed by atoms with E-state index in [1.165, 1.54) is 0 Å². The summed E-state index contributed by atoms with van der Waals surface area (Å²) in [6.07, 6.45) is 1.52. The third-order valence-electron chi connectivity index (χ3n) is 4.14. The largest absolute Gasteiger partial charge is 0.396 e. The van der Waals surface area contributed by atoms with Crippen LogP contribution in [-0.4, -0.2) is 44.5 Å². The quantitative estimate of drug-likeness (QED) is 0.349. The molecule has 136 valence electrons. The van der Waals surface area contributed by atoms with Crippen molar-refractivity contribution in [3.8, 4) is 0 Å². The number of benzene rings is 1. The molecule has 24 heavy (non-hydrogen) atoms. The van der Waals surface area contributed by atoms with E-state index in [0.29, 0.717) is 32.1 Å². The van der Waals surface area contributed by atoms with Gasteiger partial charge in [0.15, 0.2) is 5.96 Å². The number of guanidine groups is 1. The van der Waals surface area contributed by atoms with Crippen LogP contribution in [0, 0.1) is 17.0 Å². The van der Waals surface area contributed by atoms with Gasteiger partial charge in [0, 0.05) is 44.3 Å². The van der Waals surface area contributed by atoms with E-state index in [1.54, 1.807) is 7.05 Å². The maximum Gasteiger partial charge on any atom is 0.191 e. The van der Waals surface area contributed by atoms with Crippen LogP contribution in [0.3, 0.4) is 0 Å². The number of nitrogens with zero attached hydrogens (tertiary/aromatic N) is 1. The summed E-state index contributed by atoms with van der Waals surface area (Å²) in [5, 5.41) is 15.4. The van der Waals surface area contributed by atoms with E-state index in [1.807, 2.05) is 0 Å². The summed E-state index contributed by atoms with van der Waals surface area (Å²) in [4.78, 5) is 4.08. The van der Waals surface area contributed by atoms with E-state index in [2.05, 4.69) is 15.6 Å². The van der Waals surface area contributed by atoms with Crippen LogP contribution < -0.4 is 10.6 Å². The normalized spacial score (nSPS) is 20.6. The van der Waals surface area contributed by atoms with Gasteiger partial charge in [0.1, 0.15) is 11.6 Å². The molecule has 3 N–H and O–H groups in total. The minimum atomic E-state index is -0.476. The lowest BCUT2D eigenvalue weighted by Crippen LogP contribution is -2.44. The van der Waals surface area contributed by atoms with Gasteiger partial charge in [-0.2, -0.15) is 0 Å². The Balaban J connectivity index is 0.00000288. The molecular weight excluding hydrogens is 431 g/mol. The van der Waals surface area contributed by atoms with Crippen LogP contribution in [0.2, 0.25) is 0 Å². The molecule has 0 amide bonds. The van der Waals surface area contributed by atoms with Gasteiger partial charge in [0.2, 0.25) is 0 Å². The van der Waals surface area contributed by atoms with Crippen molar-refractivity contribution in [1.82, 2.24) is 10.6 Å². The highest BCUT2D eigenvalue weighted by Gasteiger charge is 2.34. The number of nitrogens with one attached hydrogen (secondary N) is 2. The van der Waals surface area contributed by atoms with E-state index in [-0.39, 0.29) is 48.1 Å². The number of hydrogen-bond donors (Lipinski definition) is 3. The molecule has 1 fully saturated rings. The van der Waals surface area contributed by atoms with Crippen molar-refractivity contribution in [2.24, 2.45) is 10.4 Å². The molecule has 0 saturated carbocycles. The van der Waals surface area contributed by atoms with E-state index >= 15 is 0 Å². The summed E-state index contributed by atoms with van der Waals surface area (Å²) >= 11 is 0. The molecule has 1 aliphatic rings. The monoisotopic (exact) mass is 455 g/mol. The maximum atomic E-state index is 13.6. The predicted molar refractivity (Wildman–Crippen MR) is 99.5 cm³/mol. The zero-order valence-electron chi connectivity index (χ0n) is 13.6. The summed E-state index contributed by atoms with van der Waals surface area (Å²) in [6.45, 7) is 2.11. The molecule has 1 heterocycles. The number of aliphatic hydroxyl groups excluding tert-OH is 1. The molecule has 0 bridgehead atoms. The van der Waals surface area contributed by atoms with Gasteiger partial charge in [0.05, 0.1) is 6.61 Å². The van der Waals surface area contributed by atoms with Crippen LogP contribution in [-0.2, 0) is 11.3 Å². The summed E-state index contributed by atoms with van der Waals surface area (Å²) < 4.78 is 32.2. The first-order chi connectivity index (χ1) is 11.1. The topological polar surface area (TPSA) is 65.9 Å². The molecule has 5 nitrogen and oxygen atoms in total. The van der Waals surface area contributed by atoms with E-state index in [9.17, 15) is 13.9 Å². The minimum Gasteiger partial charge on any atom is -0.396 e. The summed E-state index contributed by atoms with van der Waals surface area (Å²) in [5.41, 5.74) is 0.124. The number of ether oxygens (including phenoxy) is 1. The average molecular weight is 455 g/mol. The highest BCUT2D eigenvalue weighted by Crippen LogP contribution is 2.31. The molecule has 8 heteroatoms. The molecule has 1 saturated heterocycles. The van der Waals surface area contributed by atoms with E-state index in [4.69, 9.17) is 4.74 Å². The van der Waals surface area contributed by atoms with Crippen LogP contribution in [0.5, 0.6) is 0 Å². The Kier molecular flexibility index (Phi) is 8.85. The fourth-order valence-electron chi connectivity index (χ4n) is 2.66. The van der Waals surface area contributed by atoms with Crippen LogP contribution in [0.15, 0.2) is 23.2 Å². The Morgan fingerprint density at radius 3 is 2.79 bits per heavy atom. The van der Waals surface area contributed by atoms with Crippen LogP contribution in [0.1, 0.15) is 18.4 Å². The molecule has 1 aromatic carbocycles. The highest BCUT2D eigenvalue weighted by atomic mass is 127. The van der Waals surface area contributed by atoms with Gasteiger partial charge in [-0.25, -0.2) is 8.78 Å². The van der Waals surface area contributed by atoms with Crippen LogP contribution >= 0.6 is 24.0 Å². The van der Waals surface area contributed by atoms with Gasteiger partial charge in [-0.1, -0.05) is 0 Å². The smallest absolute Gasteiger partial charge is 0.191 e. The molecule has 0 aliphatic carbocycles. The summed E-state index contributed by atoms with van der Waals surface area (Å²) in [7, 11) is 1.61. The van der Waals surface area contributed by atoms with Crippen molar-refractivity contribution < 1.29 is 18.6 Å². The lowest BCUT2D eigenvalue weighted by Gasteiger charge is -2.27. The molecule has 1 unspecified atom stereocenters. The van der Waals surface area contributed by atoms with Gasteiger partial charge in [-0.05, 0) is 31.0 Å². The van der Waals surface area contributed by atoms with E-state index in [0.717, 1.165) is 24.6 Å². The number of rotatable bonds is 6. The average Bonchev–Trinajstić information content (AvgIpc) is 3.00. The first kappa shape index (κ1) is 21.0. The predicted octanol–water partition coefficient (Wildman–Crippen LogP) is 2.04. The number of aliphatic hydroxyl groups is 1. The number of halogens is 3. The third-order valence-corrected chi connectivity index (χ3v) is 4.14. The lowest BCUT2D eigenvalue weighted by atomic mass is 9.84. The Morgan fingerprint density at radius 2 is 2.17 bits per heavy atom. The number of aliphatic imine (C=N–C) groups is 1. The highest BCUT2D eigenvalue weighted by molar-refractivity contribution is 14.0. The van der Waals surface area contributed by atoms with Crippen molar-refractivity contribution in [3.63, 3.8) is 0 Å². The fraction of sp³-hybridized carbons (Fsp3) is 0.562. The first-order valence-electron chi connectivity index (χ1n) is 7.66. The summed E-state index contributed by atoms with van der Waals surface area (Å²) in [5.74, 6) is -0.440. The van der Waals surface area contributed by atoms with Crippen molar-refractivity contribution in [2.45, 2.75) is 19.4 Å². The van der Waals surface area contributed by atoms with Crippen molar-refractivity contribution in [1.29, 1.82) is 0 Å². The molecular formula is C16H24F2IN3O2. The molecule has 1 aliphatic heterocycles. The van der Waals surface area contributed by atoms with Crippen LogP contribution in [0.4, 0.5) is 8.78 Å². The maximum absolute atomic E-state index is 13.6. The Labute approximate surface area is 157 Å². The van der Waals surface area contributed by atoms with Gasteiger partial charge in [0.25, 0.3) is 0 Å². The molecule has 1 aromatic rings. The molecule has 1 atom stereocenters. The molecule has 0 aromatic heterocycles. The third kappa shape index (κ3) is 5.82. The molecule has 0 radical (unpaired) electrons. The second-order valence-corrected chi connectivity index (χ2v) is 5.79. The van der Waals surface area contributed by atoms with Gasteiger partial charge in [-0.15, -0.1) is 24.0 Å². The zero-order valence-corrected chi connectivity index (χ0v) is 16.0. The standard InChI is InChI=1S/C16H23F2N3O2.HI/c1-19-15(20-9-12-8-13(17)2-3-14(12)18)21-10-16(4-6-22)5-7-23-11-16;/h2-3,8,22H,4-7,9-11H2,1H3,(H2,19,20,21);1H. The van der Waals surface area contributed by atoms with E-state index < -0.39 is 11.6 Å². The Hall–Kier alpha value is -1.00. The van der Waals surface area contributed by atoms with Gasteiger partial charge < -0.3 is 20.5 Å². The zero-order chi connectivity index (χ0) is 16.7. The second-order valence-electron chi connectivity index (χ2n) is 5.79. The van der Waals surface area contributed by atoms with Crippen molar-refractivity contribution >= 4 is 29.9 Å². The number of hydrogen-bond acceptors (Lipinski definition) is 3. The Bertz CT molecular complexity index is 552. The first-order valence-corrected chi connectivity index (χ1v) is 7.66. The van der Waals surface area contributed by atoms with Crippen molar-refractivity contribution in [2.75, 3.05) is 33.4 Å². The van der Waals surface area contributed by atoms with Gasteiger partial charge >= 0.3 is 0 Å².